The Balaban J connectivity index is 5.73. The number of hydrogen-bond donors (Lipinski definition) is 0. The van der Waals surface area contributed by atoms with Crippen LogP contribution < -0.4 is 0 Å². The summed E-state index contributed by atoms with van der Waals surface area (Å²) in [6, 6.07) is 0. The van der Waals surface area contributed by atoms with Crippen LogP contribution in [0.1, 0.15) is 0 Å². The van der Waals surface area contributed by atoms with E-state index in [0.29, 0.717) is 0 Å². The lowest BCUT2D eigenvalue weighted by atomic mass is 10.1. The highest BCUT2D eigenvalue weighted by Crippen LogP contribution is 2.20. The highest BCUT2D eigenvalue weighted by molar-refractivity contribution is 6.71. The first-order chi connectivity index (χ1) is 12.2. The fraction of sp³-hybridized carbons (Fsp3) is 0.889. The van der Waals surface area contributed by atoms with E-state index < -0.39 is 45.5 Å². The minimum atomic E-state index is -2.12. The lowest BCUT2D eigenvalue weighted by Crippen LogP contribution is -2.54. The van der Waals surface area contributed by atoms with Crippen molar-refractivity contribution in [2.24, 2.45) is 0 Å². The van der Waals surface area contributed by atoms with Gasteiger partial charge >= 0.3 is 0 Å². The van der Waals surface area contributed by atoms with Crippen LogP contribution in [0.5, 0.6) is 0 Å². The van der Waals surface area contributed by atoms with Crippen molar-refractivity contribution in [3.05, 3.63) is 0 Å². The molecule has 0 fully saturated rings. The topological polar surface area (TPSA) is 71.1 Å². The molecule has 0 bridgehead atoms. The van der Waals surface area contributed by atoms with E-state index in [1.807, 2.05) is 78.6 Å². The van der Waals surface area contributed by atoms with E-state index in [4.69, 9.17) is 17.7 Å². The van der Waals surface area contributed by atoms with Gasteiger partial charge in [-0.3, -0.25) is 9.59 Å². The lowest BCUT2D eigenvalue weighted by molar-refractivity contribution is -0.143. The van der Waals surface area contributed by atoms with Gasteiger partial charge in [0.25, 0.3) is 0 Å². The van der Waals surface area contributed by atoms with Crippen molar-refractivity contribution in [3.63, 3.8) is 0 Å². The second-order valence-electron chi connectivity index (χ2n) is 11.0. The molecule has 0 aliphatic heterocycles. The number of Topliss-reactive ketones (excluding diaryl/α,β-unsaturated/α-hetero) is 2. The van der Waals surface area contributed by atoms with Crippen LogP contribution in [0.4, 0.5) is 0 Å². The molecule has 0 aliphatic rings. The van der Waals surface area contributed by atoms with Gasteiger partial charge in [-0.25, -0.2) is 0 Å². The molecular formula is C18H42O6Si4. The predicted octanol–water partition coefficient (Wildman–Crippen LogP) is 4.27. The molecule has 0 heterocycles. The molecule has 0 spiro atoms. The Morgan fingerprint density at radius 3 is 0.964 bits per heavy atom. The third-order valence-electron chi connectivity index (χ3n) is 3.17. The van der Waals surface area contributed by atoms with Gasteiger partial charge in [0.15, 0.2) is 44.8 Å². The summed E-state index contributed by atoms with van der Waals surface area (Å²) in [7, 11) is -7.98. The summed E-state index contributed by atoms with van der Waals surface area (Å²) in [6.07, 6.45) is -1.90. The van der Waals surface area contributed by atoms with Gasteiger partial charge in [0.05, 0.1) is 13.2 Å². The molecule has 28 heavy (non-hydrogen) atoms. The van der Waals surface area contributed by atoms with Gasteiger partial charge in [-0.15, -0.1) is 0 Å². The molecule has 0 aromatic carbocycles. The standard InChI is InChI=1S/C18H42O6Si4/c1-25(2,3)21-13-15(19)17(23-27(7,8)9)18(24-28(10,11)12)16(20)14-22-26(4,5)6/h17-18H,13-14H2,1-12H3. The SMILES string of the molecule is C[Si](C)(C)OCC(=O)C(O[Si](C)(C)C)C(O[Si](C)(C)C)C(=O)CO[Si](C)(C)C. The number of carbonyl (C=O) groups excluding carboxylic acids is 2. The van der Waals surface area contributed by atoms with Crippen LogP contribution in [0.15, 0.2) is 0 Å². The van der Waals surface area contributed by atoms with Crippen LogP contribution in [0.25, 0.3) is 0 Å². The third kappa shape index (κ3) is 14.1. The quantitative estimate of drug-likeness (QED) is 0.378. The second kappa shape index (κ2) is 10.4. The number of hydrogen-bond acceptors (Lipinski definition) is 6. The van der Waals surface area contributed by atoms with Crippen LogP contribution in [0, 0.1) is 0 Å². The molecule has 6 nitrogen and oxygen atoms in total. The maximum absolute atomic E-state index is 13.0. The summed E-state index contributed by atoms with van der Waals surface area (Å²) in [4.78, 5) is 26.1. The van der Waals surface area contributed by atoms with Crippen LogP contribution in [0.2, 0.25) is 78.6 Å². The molecule has 10 heteroatoms. The molecule has 166 valence electrons. The lowest BCUT2D eigenvalue weighted by Gasteiger charge is -2.35. The fourth-order valence-corrected chi connectivity index (χ4v) is 5.28. The van der Waals surface area contributed by atoms with Crippen molar-refractivity contribution >= 4 is 44.8 Å². The summed E-state index contributed by atoms with van der Waals surface area (Å²) < 4.78 is 24.0. The third-order valence-corrected chi connectivity index (χ3v) is 7.11. The summed E-state index contributed by atoms with van der Waals surface area (Å²) >= 11 is 0. The predicted molar refractivity (Wildman–Crippen MR) is 125 cm³/mol. The van der Waals surface area contributed by atoms with Crippen molar-refractivity contribution in [2.75, 3.05) is 13.2 Å². The molecule has 0 aromatic heterocycles. The molecular weight excluding hydrogens is 425 g/mol. The van der Waals surface area contributed by atoms with E-state index in [9.17, 15) is 9.59 Å². The number of carbonyl (C=O) groups is 2. The van der Waals surface area contributed by atoms with E-state index in [0.717, 1.165) is 0 Å². The van der Waals surface area contributed by atoms with Gasteiger partial charge in [-0.1, -0.05) is 0 Å². The second-order valence-corrected chi connectivity index (χ2v) is 29.0. The Labute approximate surface area is 176 Å². The van der Waals surface area contributed by atoms with E-state index in [1.54, 1.807) is 0 Å². The highest BCUT2D eigenvalue weighted by atomic mass is 28.4. The molecule has 2 unspecified atom stereocenters. The van der Waals surface area contributed by atoms with Crippen molar-refractivity contribution in [2.45, 2.75) is 90.8 Å². The Morgan fingerprint density at radius 2 is 0.786 bits per heavy atom. The molecule has 0 saturated carbocycles. The maximum Gasteiger partial charge on any atom is 0.187 e. The first-order valence-corrected chi connectivity index (χ1v) is 23.5. The van der Waals surface area contributed by atoms with E-state index >= 15 is 0 Å². The monoisotopic (exact) mass is 466 g/mol. The van der Waals surface area contributed by atoms with Crippen LogP contribution in [-0.2, 0) is 27.3 Å². The van der Waals surface area contributed by atoms with Gasteiger partial charge in [0.1, 0.15) is 12.2 Å². The minimum absolute atomic E-state index is 0.0570. The van der Waals surface area contributed by atoms with Gasteiger partial charge in [0, 0.05) is 0 Å². The molecule has 0 aromatic rings. The first kappa shape index (κ1) is 28.0. The van der Waals surface area contributed by atoms with Crippen molar-refractivity contribution in [3.8, 4) is 0 Å². The Morgan fingerprint density at radius 1 is 0.536 bits per heavy atom. The Hall–Kier alpha value is 0.0475. The van der Waals surface area contributed by atoms with Crippen molar-refractivity contribution in [1.29, 1.82) is 0 Å². The van der Waals surface area contributed by atoms with Crippen molar-refractivity contribution < 1.29 is 27.3 Å². The molecule has 0 aliphatic carbocycles. The van der Waals surface area contributed by atoms with E-state index in [1.165, 1.54) is 0 Å². The Kier molecular flexibility index (Phi) is 10.4. The maximum atomic E-state index is 13.0. The largest absolute Gasteiger partial charge is 0.410 e. The van der Waals surface area contributed by atoms with Crippen LogP contribution in [0.3, 0.4) is 0 Å². The van der Waals surface area contributed by atoms with Crippen molar-refractivity contribution in [1.82, 2.24) is 0 Å². The van der Waals surface area contributed by atoms with Gasteiger partial charge in [-0.05, 0) is 78.6 Å². The first-order valence-electron chi connectivity index (χ1n) is 9.89. The average Bonchev–Trinajstić information content (AvgIpc) is 2.42. The Bertz CT molecular complexity index is 478. The number of rotatable bonds is 13. The van der Waals surface area contributed by atoms with Crippen LogP contribution >= 0.6 is 0 Å². The molecule has 0 radical (unpaired) electrons. The normalized spacial score (nSPS) is 16.0. The van der Waals surface area contributed by atoms with Crippen LogP contribution in [-0.4, -0.2) is 70.3 Å². The van der Waals surface area contributed by atoms with E-state index in [2.05, 4.69) is 0 Å². The molecule has 2 atom stereocenters. The smallest absolute Gasteiger partial charge is 0.187 e. The van der Waals surface area contributed by atoms with E-state index in [-0.39, 0.29) is 24.8 Å². The zero-order valence-corrected chi connectivity index (χ0v) is 24.0. The highest BCUT2D eigenvalue weighted by Gasteiger charge is 2.41. The average molecular weight is 467 g/mol. The minimum Gasteiger partial charge on any atom is -0.410 e. The summed E-state index contributed by atoms with van der Waals surface area (Å²) in [5.41, 5.74) is 0. The summed E-state index contributed by atoms with van der Waals surface area (Å²) in [6.45, 7) is 24.0. The van der Waals surface area contributed by atoms with Gasteiger partial charge in [0.2, 0.25) is 0 Å². The summed E-state index contributed by atoms with van der Waals surface area (Å²) in [5.74, 6) is -0.455. The zero-order valence-electron chi connectivity index (χ0n) is 20.0. The van der Waals surface area contributed by atoms with Gasteiger partial charge in [-0.2, -0.15) is 0 Å². The molecule has 0 N–H and O–H groups in total. The summed E-state index contributed by atoms with van der Waals surface area (Å²) in [5, 5.41) is 0. The molecule has 0 rings (SSSR count). The molecule has 0 amide bonds. The zero-order chi connectivity index (χ0) is 22.6. The number of ketones is 2. The fourth-order valence-electron chi connectivity index (χ4n) is 2.09. The van der Waals surface area contributed by atoms with Gasteiger partial charge < -0.3 is 17.7 Å². The molecule has 0 saturated heterocycles.